The van der Waals surface area contributed by atoms with E-state index in [4.69, 9.17) is 34.8 Å². The van der Waals surface area contributed by atoms with E-state index in [0.29, 0.717) is 21.2 Å². The molecule has 1 aliphatic heterocycles. The Labute approximate surface area is 123 Å². The Morgan fingerprint density at radius 2 is 1.78 bits per heavy atom. The summed E-state index contributed by atoms with van der Waals surface area (Å²) in [6.07, 6.45) is 2.20. The summed E-state index contributed by atoms with van der Waals surface area (Å²) >= 11 is 18.0. The fraction of sp³-hybridized carbons (Fsp3) is 0.583. The minimum Gasteiger partial charge on any atom is -0.355 e. The van der Waals surface area contributed by atoms with E-state index in [1.54, 1.807) is 6.07 Å². The number of hydrogen-bond donors (Lipinski definition) is 0. The van der Waals surface area contributed by atoms with Crippen LogP contribution in [0.3, 0.4) is 0 Å². The minimum absolute atomic E-state index is 0.311. The van der Waals surface area contributed by atoms with E-state index >= 15 is 0 Å². The van der Waals surface area contributed by atoms with Gasteiger partial charge in [0.1, 0.15) is 11.0 Å². The fourth-order valence-corrected chi connectivity index (χ4v) is 2.86. The van der Waals surface area contributed by atoms with Crippen LogP contribution >= 0.6 is 34.8 Å². The van der Waals surface area contributed by atoms with Crippen LogP contribution in [0.1, 0.15) is 12.8 Å². The Balaban J connectivity index is 2.12. The van der Waals surface area contributed by atoms with Gasteiger partial charge in [0.2, 0.25) is 0 Å². The molecule has 0 aromatic carbocycles. The average molecular weight is 309 g/mol. The van der Waals surface area contributed by atoms with E-state index in [0.717, 1.165) is 31.7 Å². The first-order chi connectivity index (χ1) is 8.49. The molecule has 0 unspecified atom stereocenters. The number of rotatable bonds is 2. The van der Waals surface area contributed by atoms with E-state index < -0.39 is 0 Å². The van der Waals surface area contributed by atoms with Crippen LogP contribution in [0.2, 0.25) is 15.2 Å². The first-order valence-corrected chi connectivity index (χ1v) is 7.05. The van der Waals surface area contributed by atoms with Gasteiger partial charge in [0, 0.05) is 19.1 Å². The largest absolute Gasteiger partial charge is 0.355 e. The summed E-state index contributed by atoms with van der Waals surface area (Å²) in [7, 11) is 4.23. The Morgan fingerprint density at radius 3 is 2.33 bits per heavy atom. The molecule has 0 radical (unpaired) electrons. The van der Waals surface area contributed by atoms with Gasteiger partial charge in [0.25, 0.3) is 0 Å². The van der Waals surface area contributed by atoms with Crippen LogP contribution in [-0.4, -0.2) is 43.1 Å². The summed E-state index contributed by atoms with van der Waals surface area (Å²) in [4.78, 5) is 8.72. The third-order valence-corrected chi connectivity index (χ3v) is 4.31. The molecule has 1 saturated heterocycles. The minimum atomic E-state index is 0.311. The third kappa shape index (κ3) is 3.02. The van der Waals surface area contributed by atoms with Gasteiger partial charge in [-0.25, -0.2) is 4.98 Å². The Kier molecular flexibility index (Phi) is 4.59. The lowest BCUT2D eigenvalue weighted by molar-refractivity contribution is 0.249. The molecular formula is C12H16Cl3N3. The molecule has 0 spiro atoms. The maximum Gasteiger partial charge on any atom is 0.150 e. The van der Waals surface area contributed by atoms with Crippen molar-refractivity contribution in [3.05, 3.63) is 21.3 Å². The lowest BCUT2D eigenvalue weighted by Gasteiger charge is -2.36. The zero-order chi connectivity index (χ0) is 13.3. The quantitative estimate of drug-likeness (QED) is 0.779. The highest BCUT2D eigenvalue weighted by atomic mass is 35.5. The van der Waals surface area contributed by atoms with Crippen molar-refractivity contribution < 1.29 is 0 Å². The molecular weight excluding hydrogens is 293 g/mol. The number of aromatic nitrogens is 1. The number of anilines is 1. The van der Waals surface area contributed by atoms with E-state index in [1.165, 1.54) is 0 Å². The lowest BCUT2D eigenvalue weighted by Crippen LogP contribution is -2.42. The molecule has 1 aromatic rings. The van der Waals surface area contributed by atoms with Crippen molar-refractivity contribution in [3.63, 3.8) is 0 Å². The average Bonchev–Trinajstić information content (AvgIpc) is 2.34. The topological polar surface area (TPSA) is 19.4 Å². The molecule has 2 heterocycles. The van der Waals surface area contributed by atoms with Crippen molar-refractivity contribution in [2.24, 2.45) is 0 Å². The molecule has 0 aliphatic carbocycles. The summed E-state index contributed by atoms with van der Waals surface area (Å²) in [5, 5.41) is 1.27. The van der Waals surface area contributed by atoms with Crippen molar-refractivity contribution in [2.45, 2.75) is 18.9 Å². The molecule has 18 heavy (non-hydrogen) atoms. The molecule has 3 nitrogen and oxygen atoms in total. The van der Waals surface area contributed by atoms with Crippen LogP contribution < -0.4 is 4.90 Å². The van der Waals surface area contributed by atoms with Crippen molar-refractivity contribution in [3.8, 4) is 0 Å². The fourth-order valence-electron chi connectivity index (χ4n) is 2.25. The number of nitrogens with zero attached hydrogens (tertiary/aromatic N) is 3. The van der Waals surface area contributed by atoms with Crippen LogP contribution in [0.25, 0.3) is 0 Å². The van der Waals surface area contributed by atoms with Crippen molar-refractivity contribution >= 4 is 40.6 Å². The summed E-state index contributed by atoms with van der Waals surface area (Å²) < 4.78 is 0. The van der Waals surface area contributed by atoms with Crippen molar-refractivity contribution in [1.29, 1.82) is 0 Å². The van der Waals surface area contributed by atoms with Gasteiger partial charge in [-0.15, -0.1) is 0 Å². The van der Waals surface area contributed by atoms with Crippen LogP contribution in [0.4, 0.5) is 5.82 Å². The molecule has 6 heteroatoms. The van der Waals surface area contributed by atoms with Crippen molar-refractivity contribution in [1.82, 2.24) is 9.88 Å². The lowest BCUT2D eigenvalue weighted by atomic mass is 10.0. The van der Waals surface area contributed by atoms with E-state index in [9.17, 15) is 0 Å². The van der Waals surface area contributed by atoms with Gasteiger partial charge in [-0.3, -0.25) is 0 Å². The number of piperidine rings is 1. The highest BCUT2D eigenvalue weighted by molar-refractivity contribution is 6.42. The Hall–Kier alpha value is -0.220. The second kappa shape index (κ2) is 5.83. The van der Waals surface area contributed by atoms with E-state index in [2.05, 4.69) is 28.9 Å². The predicted octanol–water partition coefficient (Wildman–Crippen LogP) is 3.57. The third-order valence-electron chi connectivity index (χ3n) is 3.36. The van der Waals surface area contributed by atoms with E-state index in [1.807, 2.05) is 0 Å². The smallest absolute Gasteiger partial charge is 0.150 e. The second-order valence-corrected chi connectivity index (χ2v) is 5.92. The molecule has 0 atom stereocenters. The molecule has 0 amide bonds. The molecule has 1 fully saturated rings. The summed E-state index contributed by atoms with van der Waals surface area (Å²) in [5.74, 6) is 0.739. The summed E-state index contributed by atoms with van der Waals surface area (Å²) in [6, 6.07) is 2.29. The maximum atomic E-state index is 6.18. The molecule has 100 valence electrons. The van der Waals surface area contributed by atoms with E-state index in [-0.39, 0.29) is 0 Å². The standard InChI is InChI=1S/C12H16Cl3N3/c1-17(2)8-3-5-18(6-4-8)12-10(14)7-9(13)11(15)16-12/h7-8H,3-6H2,1-2H3. The monoisotopic (exact) mass is 307 g/mol. The Morgan fingerprint density at radius 1 is 1.17 bits per heavy atom. The van der Waals surface area contributed by atoms with Crippen LogP contribution in [-0.2, 0) is 0 Å². The summed E-state index contributed by atoms with van der Waals surface area (Å²) in [6.45, 7) is 1.88. The summed E-state index contributed by atoms with van der Waals surface area (Å²) in [5.41, 5.74) is 0. The van der Waals surface area contributed by atoms with Crippen LogP contribution in [0, 0.1) is 0 Å². The molecule has 2 rings (SSSR count). The zero-order valence-electron chi connectivity index (χ0n) is 10.5. The van der Waals surface area contributed by atoms with Gasteiger partial charge in [0.15, 0.2) is 0 Å². The first kappa shape index (κ1) is 14.2. The van der Waals surface area contributed by atoms with Gasteiger partial charge < -0.3 is 9.80 Å². The number of halogens is 3. The van der Waals surface area contributed by atoms with Gasteiger partial charge >= 0.3 is 0 Å². The maximum absolute atomic E-state index is 6.18. The number of pyridine rings is 1. The molecule has 1 aromatic heterocycles. The van der Waals surface area contributed by atoms with Gasteiger partial charge in [-0.2, -0.15) is 0 Å². The highest BCUT2D eigenvalue weighted by Crippen LogP contribution is 2.32. The Bertz CT molecular complexity index is 429. The number of hydrogen-bond acceptors (Lipinski definition) is 3. The van der Waals surface area contributed by atoms with Gasteiger partial charge in [0.05, 0.1) is 10.0 Å². The first-order valence-electron chi connectivity index (χ1n) is 5.92. The molecule has 0 saturated carbocycles. The van der Waals surface area contributed by atoms with Gasteiger partial charge in [-0.1, -0.05) is 34.8 Å². The normalized spacial score (nSPS) is 17.6. The molecule has 1 aliphatic rings. The molecule has 0 bridgehead atoms. The predicted molar refractivity (Wildman–Crippen MR) is 78.2 cm³/mol. The van der Waals surface area contributed by atoms with Crippen LogP contribution in [0.15, 0.2) is 6.07 Å². The SMILES string of the molecule is CN(C)C1CCN(c2nc(Cl)c(Cl)cc2Cl)CC1. The zero-order valence-corrected chi connectivity index (χ0v) is 12.7. The van der Waals surface area contributed by atoms with Crippen LogP contribution in [0.5, 0.6) is 0 Å². The highest BCUT2D eigenvalue weighted by Gasteiger charge is 2.23. The molecule has 0 N–H and O–H groups in total. The second-order valence-electron chi connectivity index (χ2n) is 4.75. The van der Waals surface area contributed by atoms with Crippen molar-refractivity contribution in [2.75, 3.05) is 32.1 Å². The van der Waals surface area contributed by atoms with Gasteiger partial charge in [-0.05, 0) is 33.0 Å².